The molecule has 0 unspecified atom stereocenters. The van der Waals surface area contributed by atoms with Crippen LogP contribution in [0.1, 0.15) is 31.4 Å². The third kappa shape index (κ3) is 4.24. The molecule has 3 heterocycles. The Bertz CT molecular complexity index is 733. The Morgan fingerprint density at radius 3 is 2.24 bits per heavy atom. The fraction of sp³-hybridized carbons (Fsp3) is 0.636. The van der Waals surface area contributed by atoms with Gasteiger partial charge in [0, 0.05) is 57.5 Å². The van der Waals surface area contributed by atoms with Crippen LogP contribution in [0.25, 0.3) is 0 Å². The fourth-order valence-electron chi connectivity index (χ4n) is 5.44. The average molecular weight is 422 g/mol. The molecule has 1 aromatic carbocycles. The monoisotopic (exact) mass is 421 g/mol. The minimum Gasteiger partial charge on any atom is -0.497 e. The Balaban J connectivity index is 0.00000240. The molecule has 0 spiro atoms. The van der Waals surface area contributed by atoms with Crippen LogP contribution in [0.4, 0.5) is 0 Å². The topological polar surface area (TPSA) is 53.1 Å². The molecular formula is C22H32ClN3O3. The number of ether oxygens (including phenoxy) is 1. The zero-order chi connectivity index (χ0) is 19.8. The number of piperidine rings is 1. The largest absolute Gasteiger partial charge is 0.497 e. The summed E-state index contributed by atoms with van der Waals surface area (Å²) >= 11 is 0. The van der Waals surface area contributed by atoms with Crippen LogP contribution >= 0.6 is 12.4 Å². The van der Waals surface area contributed by atoms with Gasteiger partial charge >= 0.3 is 0 Å². The highest BCUT2D eigenvalue weighted by molar-refractivity contribution is 5.85. The van der Waals surface area contributed by atoms with Crippen LogP contribution in [0.15, 0.2) is 24.3 Å². The van der Waals surface area contributed by atoms with Crippen molar-refractivity contribution in [1.82, 2.24) is 14.7 Å². The molecule has 0 aromatic heterocycles. The van der Waals surface area contributed by atoms with Crippen molar-refractivity contribution in [3.8, 4) is 5.75 Å². The van der Waals surface area contributed by atoms with Crippen molar-refractivity contribution < 1.29 is 14.3 Å². The van der Waals surface area contributed by atoms with Gasteiger partial charge in [-0.3, -0.25) is 14.5 Å². The zero-order valence-corrected chi connectivity index (χ0v) is 18.4. The smallest absolute Gasteiger partial charge is 0.225 e. The van der Waals surface area contributed by atoms with E-state index in [0.29, 0.717) is 36.9 Å². The summed E-state index contributed by atoms with van der Waals surface area (Å²) in [5, 5.41) is 0. The van der Waals surface area contributed by atoms with Gasteiger partial charge in [0.2, 0.25) is 11.8 Å². The first-order chi connectivity index (χ1) is 13.5. The number of nitrogens with zero attached hydrogens (tertiary/aromatic N) is 3. The first kappa shape index (κ1) is 21.9. The Kier molecular flexibility index (Phi) is 6.74. The molecule has 0 N–H and O–H groups in total. The predicted molar refractivity (Wildman–Crippen MR) is 114 cm³/mol. The molecule has 0 aliphatic carbocycles. The number of halogens is 1. The predicted octanol–water partition coefficient (Wildman–Crippen LogP) is 2.44. The van der Waals surface area contributed by atoms with Crippen LogP contribution < -0.4 is 4.74 Å². The summed E-state index contributed by atoms with van der Waals surface area (Å²) in [5.74, 6) is 2.39. The van der Waals surface area contributed by atoms with Crippen molar-refractivity contribution in [2.75, 3.05) is 46.9 Å². The lowest BCUT2D eigenvalue weighted by atomic mass is 9.89. The molecule has 4 rings (SSSR count). The molecule has 2 amide bonds. The molecule has 3 saturated heterocycles. The van der Waals surface area contributed by atoms with Crippen LogP contribution in [0, 0.1) is 17.8 Å². The SMILES string of the molecule is COc1ccc([C@@H]2[C@@H]3CN(C(=O)C4CCN(C(C)=O)CC4)C[C@@H]3CN2C)cc1.Cl. The number of carbonyl (C=O) groups excluding carboxylic acids is 2. The van der Waals surface area contributed by atoms with E-state index in [1.165, 1.54) is 5.56 Å². The maximum Gasteiger partial charge on any atom is 0.225 e. The number of rotatable bonds is 3. The number of amides is 2. The number of carbonyl (C=O) groups is 2. The van der Waals surface area contributed by atoms with Crippen molar-refractivity contribution in [2.45, 2.75) is 25.8 Å². The maximum atomic E-state index is 13.1. The number of fused-ring (bicyclic) bond motifs is 1. The molecular weight excluding hydrogens is 390 g/mol. The van der Waals surface area contributed by atoms with Gasteiger partial charge in [0.1, 0.15) is 5.75 Å². The van der Waals surface area contributed by atoms with Crippen LogP contribution in [0.3, 0.4) is 0 Å². The molecule has 29 heavy (non-hydrogen) atoms. The quantitative estimate of drug-likeness (QED) is 0.752. The van der Waals surface area contributed by atoms with Gasteiger partial charge in [-0.05, 0) is 43.5 Å². The van der Waals surface area contributed by atoms with Crippen molar-refractivity contribution in [3.05, 3.63) is 29.8 Å². The van der Waals surface area contributed by atoms with Gasteiger partial charge in [-0.2, -0.15) is 0 Å². The van der Waals surface area contributed by atoms with E-state index >= 15 is 0 Å². The van der Waals surface area contributed by atoms with E-state index < -0.39 is 0 Å². The molecule has 1 aromatic rings. The van der Waals surface area contributed by atoms with Crippen LogP contribution in [0.2, 0.25) is 0 Å². The number of likely N-dealkylation sites (tertiary alicyclic amines) is 3. The molecule has 7 heteroatoms. The molecule has 3 fully saturated rings. The second-order valence-electron chi connectivity index (χ2n) is 8.61. The highest BCUT2D eigenvalue weighted by atomic mass is 35.5. The summed E-state index contributed by atoms with van der Waals surface area (Å²) in [7, 11) is 3.88. The Morgan fingerprint density at radius 1 is 1.00 bits per heavy atom. The fourth-order valence-corrected chi connectivity index (χ4v) is 5.44. The minimum atomic E-state index is 0. The Labute approximate surface area is 179 Å². The van der Waals surface area contributed by atoms with Gasteiger partial charge in [0.25, 0.3) is 0 Å². The van der Waals surface area contributed by atoms with Gasteiger partial charge in [-0.25, -0.2) is 0 Å². The lowest BCUT2D eigenvalue weighted by molar-refractivity contribution is -0.139. The summed E-state index contributed by atoms with van der Waals surface area (Å²) in [6, 6.07) is 8.72. The lowest BCUT2D eigenvalue weighted by Gasteiger charge is -2.33. The molecule has 3 aliphatic rings. The second-order valence-corrected chi connectivity index (χ2v) is 8.61. The van der Waals surface area contributed by atoms with Crippen molar-refractivity contribution >= 4 is 24.2 Å². The van der Waals surface area contributed by atoms with E-state index in [-0.39, 0.29) is 24.2 Å². The zero-order valence-electron chi connectivity index (χ0n) is 17.5. The number of methoxy groups -OCH3 is 1. The van der Waals surface area contributed by atoms with Gasteiger partial charge in [0.05, 0.1) is 7.11 Å². The highest BCUT2D eigenvalue weighted by Gasteiger charge is 2.48. The molecule has 6 nitrogen and oxygen atoms in total. The summed E-state index contributed by atoms with van der Waals surface area (Å²) < 4.78 is 5.29. The molecule has 160 valence electrons. The molecule has 3 atom stereocenters. The molecule has 0 saturated carbocycles. The first-order valence-electron chi connectivity index (χ1n) is 10.4. The summed E-state index contributed by atoms with van der Waals surface area (Å²) in [6.45, 7) is 5.78. The summed E-state index contributed by atoms with van der Waals surface area (Å²) in [6.07, 6.45) is 1.60. The van der Waals surface area contributed by atoms with Crippen molar-refractivity contribution in [2.24, 2.45) is 17.8 Å². The minimum absolute atomic E-state index is 0. The van der Waals surface area contributed by atoms with E-state index in [1.807, 2.05) is 17.0 Å². The van der Waals surface area contributed by atoms with E-state index in [1.54, 1.807) is 14.0 Å². The Hall–Kier alpha value is -1.79. The number of hydrogen-bond donors (Lipinski definition) is 0. The van der Waals surface area contributed by atoms with Crippen molar-refractivity contribution in [1.29, 1.82) is 0 Å². The van der Waals surface area contributed by atoms with Gasteiger partial charge in [-0.15, -0.1) is 12.4 Å². The van der Waals surface area contributed by atoms with E-state index in [2.05, 4.69) is 29.0 Å². The van der Waals surface area contributed by atoms with Gasteiger partial charge in [-0.1, -0.05) is 12.1 Å². The van der Waals surface area contributed by atoms with Gasteiger partial charge in [0.15, 0.2) is 0 Å². The lowest BCUT2D eigenvalue weighted by Crippen LogP contribution is -2.44. The third-order valence-corrected chi connectivity index (χ3v) is 6.95. The van der Waals surface area contributed by atoms with E-state index in [4.69, 9.17) is 4.74 Å². The van der Waals surface area contributed by atoms with Gasteiger partial charge < -0.3 is 14.5 Å². The molecule has 0 bridgehead atoms. The first-order valence-corrected chi connectivity index (χ1v) is 10.4. The standard InChI is InChI=1S/C22H31N3O3.ClH/c1-15(26)24-10-8-17(9-11-24)22(27)25-13-18-12-23(2)21(20(18)14-25)16-4-6-19(28-3)7-5-16;/h4-7,17-18,20-21H,8-14H2,1-3H3;1H/t18-,20+,21+;/m0./s1. The van der Waals surface area contributed by atoms with E-state index in [9.17, 15) is 9.59 Å². The van der Waals surface area contributed by atoms with Crippen LogP contribution in [-0.4, -0.2) is 73.4 Å². The second kappa shape index (κ2) is 8.92. The third-order valence-electron chi connectivity index (χ3n) is 6.95. The summed E-state index contributed by atoms with van der Waals surface area (Å²) in [5.41, 5.74) is 1.31. The maximum absolute atomic E-state index is 13.1. The average Bonchev–Trinajstić information content (AvgIpc) is 3.24. The van der Waals surface area contributed by atoms with Crippen molar-refractivity contribution in [3.63, 3.8) is 0 Å². The Morgan fingerprint density at radius 2 is 1.66 bits per heavy atom. The van der Waals surface area contributed by atoms with Crippen LogP contribution in [-0.2, 0) is 9.59 Å². The number of hydrogen-bond acceptors (Lipinski definition) is 4. The number of benzene rings is 1. The normalized spacial score (nSPS) is 27.5. The molecule has 3 aliphatic heterocycles. The van der Waals surface area contributed by atoms with Crippen LogP contribution in [0.5, 0.6) is 5.75 Å². The highest BCUT2D eigenvalue weighted by Crippen LogP contribution is 2.44. The summed E-state index contributed by atoms with van der Waals surface area (Å²) in [4.78, 5) is 31.0. The van der Waals surface area contributed by atoms with E-state index in [0.717, 1.165) is 38.2 Å². The molecule has 0 radical (unpaired) electrons.